The van der Waals surface area contributed by atoms with Crippen LogP contribution in [0.15, 0.2) is 36.7 Å². The number of hydrogen-bond acceptors (Lipinski definition) is 4. The summed E-state index contributed by atoms with van der Waals surface area (Å²) >= 11 is 7.69. The number of halogens is 1. The molecule has 0 radical (unpaired) electrons. The van der Waals surface area contributed by atoms with Crippen LogP contribution >= 0.6 is 22.9 Å². The third kappa shape index (κ3) is 2.76. The van der Waals surface area contributed by atoms with Crippen molar-refractivity contribution in [3.8, 4) is 0 Å². The van der Waals surface area contributed by atoms with Gasteiger partial charge in [-0.2, -0.15) is 0 Å². The second-order valence-electron chi connectivity index (χ2n) is 4.54. The Bertz CT molecular complexity index is 739. The average Bonchev–Trinajstić information content (AvgIpc) is 2.75. The molecule has 0 atom stereocenters. The van der Waals surface area contributed by atoms with Gasteiger partial charge in [0, 0.05) is 22.2 Å². The highest BCUT2D eigenvalue weighted by atomic mass is 35.5. The number of hydrogen-bond donors (Lipinski definition) is 1. The van der Waals surface area contributed by atoms with E-state index in [1.54, 1.807) is 6.07 Å². The molecule has 0 aliphatic carbocycles. The van der Waals surface area contributed by atoms with E-state index in [-0.39, 0.29) is 0 Å². The summed E-state index contributed by atoms with van der Waals surface area (Å²) in [6, 6.07) is 10.3. The normalized spacial score (nSPS) is 10.9. The molecule has 5 heteroatoms. The Morgan fingerprint density at radius 3 is 2.95 bits per heavy atom. The van der Waals surface area contributed by atoms with E-state index in [0.29, 0.717) is 5.15 Å². The van der Waals surface area contributed by atoms with Crippen LogP contribution in [0.5, 0.6) is 0 Å². The van der Waals surface area contributed by atoms with Crippen LogP contribution in [0, 0.1) is 6.92 Å². The molecule has 1 N–H and O–H groups in total. The SMILES string of the molecule is Cc1sc2ccccc2c1CCNc1cc(Cl)ncn1. The van der Waals surface area contributed by atoms with Gasteiger partial charge in [-0.15, -0.1) is 11.3 Å². The first kappa shape index (κ1) is 13.3. The first-order chi connectivity index (χ1) is 9.74. The van der Waals surface area contributed by atoms with Gasteiger partial charge in [0.05, 0.1) is 0 Å². The zero-order chi connectivity index (χ0) is 13.9. The molecule has 3 nitrogen and oxygen atoms in total. The molecule has 3 aromatic rings. The number of thiophene rings is 1. The minimum Gasteiger partial charge on any atom is -0.370 e. The van der Waals surface area contributed by atoms with Crippen LogP contribution < -0.4 is 5.32 Å². The minimum atomic E-state index is 0.458. The topological polar surface area (TPSA) is 37.8 Å². The fourth-order valence-corrected chi connectivity index (χ4v) is 3.54. The van der Waals surface area contributed by atoms with Gasteiger partial charge < -0.3 is 5.32 Å². The smallest absolute Gasteiger partial charge is 0.134 e. The number of anilines is 1. The molecule has 102 valence electrons. The van der Waals surface area contributed by atoms with Crippen molar-refractivity contribution >= 4 is 38.8 Å². The zero-order valence-corrected chi connectivity index (χ0v) is 12.6. The molecule has 0 spiro atoms. The molecule has 0 fully saturated rings. The molecule has 0 aliphatic rings. The lowest BCUT2D eigenvalue weighted by Crippen LogP contribution is -2.06. The fraction of sp³-hybridized carbons (Fsp3) is 0.200. The monoisotopic (exact) mass is 303 g/mol. The maximum absolute atomic E-state index is 5.84. The van der Waals surface area contributed by atoms with E-state index in [1.807, 2.05) is 11.3 Å². The van der Waals surface area contributed by atoms with Crippen LogP contribution in [0.2, 0.25) is 5.15 Å². The van der Waals surface area contributed by atoms with Gasteiger partial charge in [0.15, 0.2) is 0 Å². The van der Waals surface area contributed by atoms with Gasteiger partial charge >= 0.3 is 0 Å². The molecule has 2 heterocycles. The average molecular weight is 304 g/mol. The molecule has 0 unspecified atom stereocenters. The molecular formula is C15H14ClN3S. The Labute approximate surface area is 126 Å². The molecule has 0 aliphatic heterocycles. The number of nitrogens with zero attached hydrogens (tertiary/aromatic N) is 2. The summed E-state index contributed by atoms with van der Waals surface area (Å²) < 4.78 is 1.35. The Balaban J connectivity index is 1.73. The van der Waals surface area contributed by atoms with Gasteiger partial charge in [-0.1, -0.05) is 29.8 Å². The van der Waals surface area contributed by atoms with Crippen LogP contribution in [0.4, 0.5) is 5.82 Å². The van der Waals surface area contributed by atoms with Crippen molar-refractivity contribution in [2.75, 3.05) is 11.9 Å². The third-order valence-electron chi connectivity index (χ3n) is 3.22. The van der Waals surface area contributed by atoms with Crippen LogP contribution in [-0.2, 0) is 6.42 Å². The van der Waals surface area contributed by atoms with Crippen molar-refractivity contribution in [3.05, 3.63) is 52.3 Å². The molecule has 0 amide bonds. The third-order valence-corrected chi connectivity index (χ3v) is 4.55. The highest BCUT2D eigenvalue weighted by Gasteiger charge is 2.08. The lowest BCUT2D eigenvalue weighted by molar-refractivity contribution is 1.00. The molecule has 0 saturated heterocycles. The maximum Gasteiger partial charge on any atom is 0.134 e. The number of fused-ring (bicyclic) bond motifs is 1. The van der Waals surface area contributed by atoms with E-state index in [4.69, 9.17) is 11.6 Å². The number of aromatic nitrogens is 2. The number of nitrogens with one attached hydrogen (secondary N) is 1. The van der Waals surface area contributed by atoms with Crippen LogP contribution in [0.25, 0.3) is 10.1 Å². The molecular weight excluding hydrogens is 290 g/mol. The molecule has 0 saturated carbocycles. The van der Waals surface area contributed by atoms with Gasteiger partial charge in [-0.3, -0.25) is 0 Å². The summed E-state index contributed by atoms with van der Waals surface area (Å²) in [6.45, 7) is 3.01. The molecule has 2 aromatic heterocycles. The van der Waals surface area contributed by atoms with Gasteiger partial charge in [0.2, 0.25) is 0 Å². The predicted octanol–water partition coefficient (Wildman–Crippen LogP) is 4.31. The molecule has 1 aromatic carbocycles. The quantitative estimate of drug-likeness (QED) is 0.730. The van der Waals surface area contributed by atoms with Crippen LogP contribution in [0.3, 0.4) is 0 Å². The maximum atomic E-state index is 5.84. The minimum absolute atomic E-state index is 0.458. The van der Waals surface area contributed by atoms with E-state index in [9.17, 15) is 0 Å². The second-order valence-corrected chi connectivity index (χ2v) is 6.18. The molecule has 20 heavy (non-hydrogen) atoms. The Morgan fingerprint density at radius 1 is 1.25 bits per heavy atom. The van der Waals surface area contributed by atoms with E-state index >= 15 is 0 Å². The van der Waals surface area contributed by atoms with Crippen molar-refractivity contribution < 1.29 is 0 Å². The van der Waals surface area contributed by atoms with Gasteiger partial charge in [0.25, 0.3) is 0 Å². The summed E-state index contributed by atoms with van der Waals surface area (Å²) in [5.74, 6) is 0.766. The summed E-state index contributed by atoms with van der Waals surface area (Å²) in [5.41, 5.74) is 1.42. The summed E-state index contributed by atoms with van der Waals surface area (Å²) in [7, 11) is 0. The number of benzene rings is 1. The Hall–Kier alpha value is -1.65. The lowest BCUT2D eigenvalue weighted by Gasteiger charge is -2.06. The first-order valence-corrected chi connectivity index (χ1v) is 7.62. The lowest BCUT2D eigenvalue weighted by atomic mass is 10.1. The van der Waals surface area contributed by atoms with Crippen molar-refractivity contribution in [2.24, 2.45) is 0 Å². The summed E-state index contributed by atoms with van der Waals surface area (Å²) in [4.78, 5) is 9.39. The molecule has 0 bridgehead atoms. The standard InChI is InChI=1S/C15H14ClN3S/c1-10-11(12-4-2-3-5-13(12)20-10)6-7-17-15-8-14(16)18-9-19-15/h2-5,8-9H,6-7H2,1H3,(H,17,18,19). The highest BCUT2D eigenvalue weighted by Crippen LogP contribution is 2.30. The second kappa shape index (κ2) is 5.77. The van der Waals surface area contributed by atoms with Crippen molar-refractivity contribution in [2.45, 2.75) is 13.3 Å². The largest absolute Gasteiger partial charge is 0.370 e. The van der Waals surface area contributed by atoms with E-state index < -0.39 is 0 Å². The van der Waals surface area contributed by atoms with E-state index in [2.05, 4.69) is 46.5 Å². The highest BCUT2D eigenvalue weighted by molar-refractivity contribution is 7.19. The Kier molecular flexibility index (Phi) is 3.85. The van der Waals surface area contributed by atoms with E-state index in [0.717, 1.165) is 18.8 Å². The van der Waals surface area contributed by atoms with Crippen molar-refractivity contribution in [1.82, 2.24) is 9.97 Å². The molecule has 3 rings (SSSR count). The summed E-state index contributed by atoms with van der Waals surface area (Å²) in [5, 5.41) is 5.10. The van der Waals surface area contributed by atoms with Crippen LogP contribution in [-0.4, -0.2) is 16.5 Å². The van der Waals surface area contributed by atoms with Gasteiger partial charge in [0.1, 0.15) is 17.3 Å². The van der Waals surface area contributed by atoms with Crippen molar-refractivity contribution in [3.63, 3.8) is 0 Å². The van der Waals surface area contributed by atoms with Gasteiger partial charge in [-0.05, 0) is 30.4 Å². The first-order valence-electron chi connectivity index (χ1n) is 6.42. The predicted molar refractivity (Wildman–Crippen MR) is 85.8 cm³/mol. The Morgan fingerprint density at radius 2 is 2.10 bits per heavy atom. The number of aryl methyl sites for hydroxylation is 1. The zero-order valence-electron chi connectivity index (χ0n) is 11.1. The summed E-state index contributed by atoms with van der Waals surface area (Å²) in [6.07, 6.45) is 2.44. The van der Waals surface area contributed by atoms with Crippen molar-refractivity contribution in [1.29, 1.82) is 0 Å². The fourth-order valence-electron chi connectivity index (χ4n) is 2.28. The van der Waals surface area contributed by atoms with Gasteiger partial charge in [-0.25, -0.2) is 9.97 Å². The van der Waals surface area contributed by atoms with Crippen LogP contribution in [0.1, 0.15) is 10.4 Å². The van der Waals surface area contributed by atoms with E-state index in [1.165, 1.54) is 26.9 Å². The number of rotatable bonds is 4.